The minimum Gasteiger partial charge on any atom is -0.396 e. The Morgan fingerprint density at radius 3 is 2.76 bits per heavy atom. The van der Waals surface area contributed by atoms with Gasteiger partial charge in [0, 0.05) is 23.7 Å². The van der Waals surface area contributed by atoms with E-state index in [9.17, 15) is 5.11 Å². The summed E-state index contributed by atoms with van der Waals surface area (Å²) < 4.78 is 0. The van der Waals surface area contributed by atoms with E-state index in [1.165, 1.54) is 0 Å². The van der Waals surface area contributed by atoms with Crippen LogP contribution in [0.15, 0.2) is 47.0 Å². The zero-order valence-corrected chi connectivity index (χ0v) is 22.0. The Morgan fingerprint density at radius 2 is 2.15 bits per heavy atom. The minimum absolute atomic E-state index is 0.226. The highest BCUT2D eigenvalue weighted by Crippen LogP contribution is 2.31. The predicted octanol–water partition coefficient (Wildman–Crippen LogP) is 5.49. The van der Waals surface area contributed by atoms with E-state index in [0.29, 0.717) is 18.4 Å². The molecule has 9 heteroatoms. The number of anilines is 2. The summed E-state index contributed by atoms with van der Waals surface area (Å²) in [5, 5.41) is 20.4. The third-order valence-electron chi connectivity index (χ3n) is 5.60. The van der Waals surface area contributed by atoms with E-state index in [4.69, 9.17) is 15.0 Å². The van der Waals surface area contributed by atoms with Crippen molar-refractivity contribution in [2.75, 3.05) is 23.5 Å². The third kappa shape index (κ3) is 7.01. The largest absolute Gasteiger partial charge is 0.396 e. The number of rotatable bonds is 10. The summed E-state index contributed by atoms with van der Waals surface area (Å²) in [6, 6.07) is 0.250. The molecule has 7 nitrogen and oxygen atoms in total. The number of nitrogens with one attached hydrogen (secondary N) is 2. The van der Waals surface area contributed by atoms with E-state index in [2.05, 4.69) is 22.2 Å². The average Bonchev–Trinajstić information content (AvgIpc) is 3.47. The Kier molecular flexibility index (Phi) is 9.86. The number of nitrogens with zero attached hydrogens (tertiary/aromatic N) is 4. The van der Waals surface area contributed by atoms with Gasteiger partial charge in [-0.05, 0) is 64.4 Å². The molecule has 0 radical (unpaired) electrons. The van der Waals surface area contributed by atoms with Crippen LogP contribution in [0.4, 0.5) is 11.8 Å². The summed E-state index contributed by atoms with van der Waals surface area (Å²) in [5.41, 5.74) is 3.52. The molecule has 2 atom stereocenters. The molecule has 3 N–H and O–H groups in total. The maximum Gasteiger partial charge on any atom is 0.225 e. The second kappa shape index (κ2) is 12.8. The van der Waals surface area contributed by atoms with Crippen molar-refractivity contribution in [3.8, 4) is 0 Å². The minimum atomic E-state index is 0.226. The molecule has 0 bridgehead atoms. The van der Waals surface area contributed by atoms with Gasteiger partial charge in [-0.3, -0.25) is 0 Å². The van der Waals surface area contributed by atoms with Crippen LogP contribution in [0.25, 0.3) is 0 Å². The fourth-order valence-electron chi connectivity index (χ4n) is 3.88. The van der Waals surface area contributed by atoms with Crippen molar-refractivity contribution < 1.29 is 5.11 Å². The van der Waals surface area contributed by atoms with Crippen molar-refractivity contribution in [1.82, 2.24) is 15.0 Å². The highest BCUT2D eigenvalue weighted by atomic mass is 32.2. The van der Waals surface area contributed by atoms with Crippen molar-refractivity contribution in [3.63, 3.8) is 0 Å². The summed E-state index contributed by atoms with van der Waals surface area (Å²) in [6.07, 6.45) is 12.5. The Labute approximate surface area is 210 Å². The maximum atomic E-state index is 9.58. The van der Waals surface area contributed by atoms with E-state index in [1.807, 2.05) is 50.6 Å². The van der Waals surface area contributed by atoms with Crippen LogP contribution < -0.4 is 10.6 Å². The molecule has 2 heterocycles. The Hall–Kier alpha value is -2.49. The number of hydrogen-bond donors (Lipinski definition) is 3. The summed E-state index contributed by atoms with van der Waals surface area (Å²) in [6.45, 7) is 10.7. The first-order chi connectivity index (χ1) is 16.5. The lowest BCUT2D eigenvalue weighted by Crippen LogP contribution is -2.21. The van der Waals surface area contributed by atoms with Gasteiger partial charge in [0.2, 0.25) is 5.95 Å². The first-order valence-electron chi connectivity index (χ1n) is 11.5. The second-order valence-electron chi connectivity index (χ2n) is 8.24. The van der Waals surface area contributed by atoms with Crippen molar-refractivity contribution in [3.05, 3.63) is 63.9 Å². The number of aryl methyl sites for hydroxylation is 2. The van der Waals surface area contributed by atoms with Crippen molar-refractivity contribution >= 4 is 39.9 Å². The van der Waals surface area contributed by atoms with Crippen LogP contribution in [-0.2, 0) is 6.54 Å². The molecule has 2 unspecified atom stereocenters. The van der Waals surface area contributed by atoms with Crippen LogP contribution in [0.3, 0.4) is 0 Å². The molecular formula is C25H34N6OS2. The van der Waals surface area contributed by atoms with Gasteiger partial charge in [-0.25, -0.2) is 15.0 Å². The standard InChI is InChI=1S/C25H34N6OS2/c1-6-8-9-19(7-2)30-24(33-5)22-17(4)28-25(26-13-21-27-16(3)15-34-21)31-23(22)29-20-11-10-18(12-20)14-32/h6-9,15,18,20,32H,2,10-14H2,1,3-5H3,(H2,26,28,29,31)/b8-6-,19-9+,30-24?. The number of aromatic nitrogens is 3. The SMILES string of the molecule is C=C/C(=C\C=C/C)N=C(SC)c1c(C)nc(NCc2nc(C)cs2)nc1NC1CCC(CO)C1. The average molecular weight is 499 g/mol. The van der Waals surface area contributed by atoms with Gasteiger partial charge in [0.05, 0.1) is 23.5 Å². The number of aliphatic hydroxyl groups is 1. The quantitative estimate of drug-likeness (QED) is 0.226. The molecule has 1 fully saturated rings. The number of aliphatic imine (C=N–C) groups is 1. The van der Waals surface area contributed by atoms with Gasteiger partial charge in [0.25, 0.3) is 0 Å². The van der Waals surface area contributed by atoms with Gasteiger partial charge in [0.15, 0.2) is 0 Å². The van der Waals surface area contributed by atoms with Crippen LogP contribution in [0.5, 0.6) is 0 Å². The molecule has 3 rings (SSSR count). The number of hydrogen-bond acceptors (Lipinski definition) is 9. The van der Waals surface area contributed by atoms with E-state index >= 15 is 0 Å². The van der Waals surface area contributed by atoms with Gasteiger partial charge in [-0.15, -0.1) is 23.1 Å². The zero-order valence-electron chi connectivity index (χ0n) is 20.3. The molecule has 34 heavy (non-hydrogen) atoms. The topological polar surface area (TPSA) is 95.3 Å². The predicted molar refractivity (Wildman–Crippen MR) is 146 cm³/mol. The molecule has 1 aliphatic carbocycles. The molecule has 0 saturated heterocycles. The summed E-state index contributed by atoms with van der Waals surface area (Å²) in [4.78, 5) is 19.0. The molecule has 0 spiro atoms. The highest BCUT2D eigenvalue weighted by molar-refractivity contribution is 8.13. The number of aliphatic hydroxyl groups excluding tert-OH is 1. The molecule has 0 amide bonds. The van der Waals surface area contributed by atoms with Crippen LogP contribution in [-0.4, -0.2) is 44.0 Å². The highest BCUT2D eigenvalue weighted by Gasteiger charge is 2.26. The maximum absolute atomic E-state index is 9.58. The molecule has 2 aromatic heterocycles. The lowest BCUT2D eigenvalue weighted by atomic mass is 10.1. The monoisotopic (exact) mass is 498 g/mol. The third-order valence-corrected chi connectivity index (χ3v) is 7.25. The Bertz CT molecular complexity index is 1080. The van der Waals surface area contributed by atoms with Crippen molar-refractivity contribution in [2.45, 2.75) is 52.6 Å². The second-order valence-corrected chi connectivity index (χ2v) is 9.98. The fraction of sp³-hybridized carbons (Fsp3) is 0.440. The fourth-order valence-corrected chi connectivity index (χ4v) is 5.24. The molecule has 1 aliphatic rings. The first-order valence-corrected chi connectivity index (χ1v) is 13.6. The molecule has 2 aromatic rings. The molecule has 0 aliphatic heterocycles. The van der Waals surface area contributed by atoms with Gasteiger partial charge >= 0.3 is 0 Å². The Morgan fingerprint density at radius 1 is 1.32 bits per heavy atom. The van der Waals surface area contributed by atoms with Crippen molar-refractivity contribution in [1.29, 1.82) is 0 Å². The van der Waals surface area contributed by atoms with Gasteiger partial charge in [0.1, 0.15) is 15.9 Å². The molecule has 1 saturated carbocycles. The van der Waals surface area contributed by atoms with E-state index in [1.54, 1.807) is 29.2 Å². The summed E-state index contributed by atoms with van der Waals surface area (Å²) in [7, 11) is 0. The van der Waals surface area contributed by atoms with E-state index in [0.717, 1.165) is 57.8 Å². The number of thioether (sulfide) groups is 1. The lowest BCUT2D eigenvalue weighted by molar-refractivity contribution is 0.229. The lowest BCUT2D eigenvalue weighted by Gasteiger charge is -2.19. The Balaban J connectivity index is 1.97. The van der Waals surface area contributed by atoms with Gasteiger partial charge in [-0.2, -0.15) is 4.98 Å². The smallest absolute Gasteiger partial charge is 0.225 e. The molecule has 0 aromatic carbocycles. The van der Waals surface area contributed by atoms with Crippen LogP contribution in [0.2, 0.25) is 0 Å². The normalized spacial score (nSPS) is 19.1. The molecule has 182 valence electrons. The van der Waals surface area contributed by atoms with Crippen LogP contribution >= 0.6 is 23.1 Å². The van der Waals surface area contributed by atoms with Crippen molar-refractivity contribution in [2.24, 2.45) is 10.9 Å². The van der Waals surface area contributed by atoms with Gasteiger partial charge in [-0.1, -0.05) is 18.7 Å². The number of allylic oxidation sites excluding steroid dienone is 4. The van der Waals surface area contributed by atoms with E-state index < -0.39 is 0 Å². The van der Waals surface area contributed by atoms with E-state index in [-0.39, 0.29) is 12.6 Å². The zero-order chi connectivity index (χ0) is 24.5. The van der Waals surface area contributed by atoms with Gasteiger partial charge < -0.3 is 15.7 Å². The van der Waals surface area contributed by atoms with Crippen LogP contribution in [0.1, 0.15) is 48.1 Å². The summed E-state index contributed by atoms with van der Waals surface area (Å²) >= 11 is 3.18. The first kappa shape index (κ1) is 26.1. The molecular weight excluding hydrogens is 464 g/mol. The number of thiazole rings is 1. The summed E-state index contributed by atoms with van der Waals surface area (Å²) in [5.74, 6) is 1.65. The van der Waals surface area contributed by atoms with Crippen LogP contribution in [0, 0.1) is 19.8 Å².